The van der Waals surface area contributed by atoms with Crippen molar-refractivity contribution in [2.75, 3.05) is 5.43 Å². The van der Waals surface area contributed by atoms with E-state index >= 15 is 0 Å². The summed E-state index contributed by atoms with van der Waals surface area (Å²) in [4.78, 5) is 7.68. The van der Waals surface area contributed by atoms with Crippen molar-refractivity contribution in [1.82, 2.24) is 19.7 Å². The maximum absolute atomic E-state index is 4.79. The van der Waals surface area contributed by atoms with Gasteiger partial charge in [0, 0.05) is 17.3 Å². The minimum Gasteiger partial charge on any atom is -0.323 e. The summed E-state index contributed by atoms with van der Waals surface area (Å²) in [5.41, 5.74) is 8.64. The normalized spacial score (nSPS) is 11.3. The van der Waals surface area contributed by atoms with Crippen molar-refractivity contribution < 1.29 is 0 Å². The summed E-state index contributed by atoms with van der Waals surface area (Å²) in [6.07, 6.45) is 3.74. The van der Waals surface area contributed by atoms with E-state index in [1.165, 1.54) is 0 Å². The smallest absolute Gasteiger partial charge is 0.222 e. The van der Waals surface area contributed by atoms with Gasteiger partial charge >= 0.3 is 0 Å². The molecule has 2 N–H and O–H groups in total. The predicted octanol–water partition coefficient (Wildman–Crippen LogP) is 4.86. The zero-order valence-corrected chi connectivity index (χ0v) is 15.5. The number of imidazole rings is 1. The second kappa shape index (κ2) is 7.44. The van der Waals surface area contributed by atoms with Crippen LogP contribution in [0.5, 0.6) is 0 Å². The Kier molecular flexibility index (Phi) is 4.35. The molecule has 6 heteroatoms. The van der Waals surface area contributed by atoms with Crippen molar-refractivity contribution in [3.63, 3.8) is 0 Å². The number of hydrogen-bond acceptors (Lipinski definition) is 4. The molecule has 140 valence electrons. The largest absolute Gasteiger partial charge is 0.323 e. The average Bonchev–Trinajstić information content (AvgIpc) is 3.39. The number of para-hydroxylation sites is 3. The molecule has 3 aromatic carbocycles. The molecule has 0 aliphatic heterocycles. The summed E-state index contributed by atoms with van der Waals surface area (Å²) in [5.74, 6) is 0.596. The first-order chi connectivity index (χ1) is 14.4. The number of hydrogen-bond donors (Lipinski definition) is 2. The molecule has 0 aliphatic carbocycles. The van der Waals surface area contributed by atoms with Crippen molar-refractivity contribution in [3.05, 3.63) is 96.7 Å². The Morgan fingerprint density at radius 1 is 0.862 bits per heavy atom. The molecule has 0 bridgehead atoms. The lowest BCUT2D eigenvalue weighted by molar-refractivity contribution is 0.884. The molecule has 0 saturated heterocycles. The number of aromatic amines is 1. The highest BCUT2D eigenvalue weighted by Crippen LogP contribution is 2.22. The minimum absolute atomic E-state index is 0.596. The van der Waals surface area contributed by atoms with Gasteiger partial charge in [-0.2, -0.15) is 10.2 Å². The molecule has 5 rings (SSSR count). The SMILES string of the molecule is C(=N/Nc1nc2ccccc2[nH]1)/c1cn(-c2ccccc2)nc1-c1ccccc1. The fraction of sp³-hybridized carbons (Fsp3) is 0. The zero-order valence-electron chi connectivity index (χ0n) is 15.5. The number of aromatic nitrogens is 4. The third kappa shape index (κ3) is 3.51. The van der Waals surface area contributed by atoms with Crippen LogP contribution in [-0.2, 0) is 0 Å². The van der Waals surface area contributed by atoms with Crippen molar-refractivity contribution in [3.8, 4) is 16.9 Å². The number of H-pyrrole nitrogens is 1. The molecule has 29 heavy (non-hydrogen) atoms. The number of benzene rings is 3. The van der Waals surface area contributed by atoms with E-state index < -0.39 is 0 Å². The quantitative estimate of drug-likeness (QED) is 0.339. The van der Waals surface area contributed by atoms with E-state index in [2.05, 4.69) is 20.5 Å². The lowest BCUT2D eigenvalue weighted by Gasteiger charge is -2.00. The standard InChI is InChI=1S/C23H18N6/c1-3-9-17(10-4-1)22-18(16-29(28-22)19-11-5-2-6-12-19)15-24-27-23-25-20-13-7-8-14-21(20)26-23/h1-16H,(H2,25,26,27)/b24-15-. The zero-order chi connectivity index (χ0) is 19.5. The first-order valence-electron chi connectivity index (χ1n) is 9.31. The first kappa shape index (κ1) is 16.9. The lowest BCUT2D eigenvalue weighted by atomic mass is 10.1. The first-order valence-corrected chi connectivity index (χ1v) is 9.31. The molecule has 5 aromatic rings. The van der Waals surface area contributed by atoms with Crippen molar-refractivity contribution >= 4 is 23.2 Å². The van der Waals surface area contributed by atoms with Gasteiger partial charge < -0.3 is 4.98 Å². The van der Waals surface area contributed by atoms with Gasteiger partial charge in [0.05, 0.1) is 22.9 Å². The van der Waals surface area contributed by atoms with Crippen LogP contribution in [0.4, 0.5) is 5.95 Å². The Morgan fingerprint density at radius 3 is 2.38 bits per heavy atom. The summed E-state index contributed by atoms with van der Waals surface area (Å²) in [6, 6.07) is 28.0. The monoisotopic (exact) mass is 378 g/mol. The number of anilines is 1. The molecular formula is C23H18N6. The Labute approximate surface area is 167 Å². The Balaban J connectivity index is 1.47. The van der Waals surface area contributed by atoms with Gasteiger partial charge in [-0.1, -0.05) is 60.7 Å². The van der Waals surface area contributed by atoms with Gasteiger partial charge in [-0.25, -0.2) is 15.1 Å². The highest BCUT2D eigenvalue weighted by molar-refractivity contribution is 5.89. The Hall–Kier alpha value is -4.19. The summed E-state index contributed by atoms with van der Waals surface area (Å²) in [6.45, 7) is 0. The van der Waals surface area contributed by atoms with Crippen molar-refractivity contribution in [2.24, 2.45) is 5.10 Å². The third-order valence-electron chi connectivity index (χ3n) is 4.57. The number of fused-ring (bicyclic) bond motifs is 1. The van der Waals surface area contributed by atoms with Crippen LogP contribution in [0.3, 0.4) is 0 Å². The van der Waals surface area contributed by atoms with Crippen LogP contribution in [0.1, 0.15) is 5.56 Å². The lowest BCUT2D eigenvalue weighted by Crippen LogP contribution is -1.93. The Morgan fingerprint density at radius 2 is 1.59 bits per heavy atom. The summed E-state index contributed by atoms with van der Waals surface area (Å²) >= 11 is 0. The van der Waals surface area contributed by atoms with E-state index in [0.717, 1.165) is 33.5 Å². The molecule has 0 amide bonds. The summed E-state index contributed by atoms with van der Waals surface area (Å²) in [7, 11) is 0. The average molecular weight is 378 g/mol. The number of hydrazone groups is 1. The highest BCUT2D eigenvalue weighted by atomic mass is 15.4. The molecule has 2 heterocycles. The van der Waals surface area contributed by atoms with Gasteiger partial charge in [0.1, 0.15) is 5.69 Å². The number of nitrogens with zero attached hydrogens (tertiary/aromatic N) is 4. The van der Waals surface area contributed by atoms with E-state index in [1.54, 1.807) is 6.21 Å². The maximum Gasteiger partial charge on any atom is 0.222 e. The van der Waals surface area contributed by atoms with Gasteiger partial charge in [0.25, 0.3) is 0 Å². The number of rotatable bonds is 5. The van der Waals surface area contributed by atoms with Crippen LogP contribution in [0.15, 0.2) is 96.2 Å². The van der Waals surface area contributed by atoms with E-state index in [-0.39, 0.29) is 0 Å². The summed E-state index contributed by atoms with van der Waals surface area (Å²) in [5, 5.41) is 9.16. The molecule has 2 aromatic heterocycles. The maximum atomic E-state index is 4.79. The van der Waals surface area contributed by atoms with Crippen molar-refractivity contribution in [2.45, 2.75) is 0 Å². The van der Waals surface area contributed by atoms with E-state index in [0.29, 0.717) is 5.95 Å². The van der Waals surface area contributed by atoms with E-state index in [9.17, 15) is 0 Å². The topological polar surface area (TPSA) is 70.9 Å². The van der Waals surface area contributed by atoms with E-state index in [4.69, 9.17) is 5.10 Å². The molecule has 6 nitrogen and oxygen atoms in total. The van der Waals surface area contributed by atoms with Crippen LogP contribution in [0.2, 0.25) is 0 Å². The van der Waals surface area contributed by atoms with Crippen LogP contribution in [0.25, 0.3) is 28.0 Å². The van der Waals surface area contributed by atoms with Gasteiger partial charge in [-0.15, -0.1) is 0 Å². The molecule has 0 unspecified atom stereocenters. The van der Waals surface area contributed by atoms with E-state index in [1.807, 2.05) is 95.8 Å². The fourth-order valence-corrected chi connectivity index (χ4v) is 3.18. The molecule has 0 saturated carbocycles. The van der Waals surface area contributed by atoms with Gasteiger partial charge in [0.15, 0.2) is 0 Å². The second-order valence-electron chi connectivity index (χ2n) is 6.55. The number of nitrogens with one attached hydrogen (secondary N) is 2. The fourth-order valence-electron chi connectivity index (χ4n) is 3.18. The molecular weight excluding hydrogens is 360 g/mol. The van der Waals surface area contributed by atoms with Crippen LogP contribution in [-0.4, -0.2) is 26.0 Å². The van der Waals surface area contributed by atoms with Crippen LogP contribution >= 0.6 is 0 Å². The molecule has 0 radical (unpaired) electrons. The molecule has 0 spiro atoms. The molecule has 0 fully saturated rings. The highest BCUT2D eigenvalue weighted by Gasteiger charge is 2.11. The van der Waals surface area contributed by atoms with Crippen LogP contribution in [0, 0.1) is 0 Å². The van der Waals surface area contributed by atoms with Gasteiger partial charge in [-0.05, 0) is 24.3 Å². The third-order valence-corrected chi connectivity index (χ3v) is 4.57. The van der Waals surface area contributed by atoms with Crippen LogP contribution < -0.4 is 5.43 Å². The minimum atomic E-state index is 0.596. The van der Waals surface area contributed by atoms with Gasteiger partial charge in [0.2, 0.25) is 5.95 Å². The Bertz CT molecular complexity index is 1240. The van der Waals surface area contributed by atoms with Crippen molar-refractivity contribution in [1.29, 1.82) is 0 Å². The second-order valence-corrected chi connectivity index (χ2v) is 6.55. The molecule has 0 aliphatic rings. The predicted molar refractivity (Wildman–Crippen MR) is 116 cm³/mol. The summed E-state index contributed by atoms with van der Waals surface area (Å²) < 4.78 is 1.87. The van der Waals surface area contributed by atoms with Gasteiger partial charge in [-0.3, -0.25) is 0 Å². The molecule has 0 atom stereocenters.